The molecule has 2 aromatic carbocycles. The first-order chi connectivity index (χ1) is 19.6. The lowest BCUT2D eigenvalue weighted by Gasteiger charge is -2.11. The number of H-pyrrole nitrogens is 1. The fourth-order valence-electron chi connectivity index (χ4n) is 4.53. The maximum Gasteiger partial charge on any atom is 0.573 e. The van der Waals surface area contributed by atoms with Gasteiger partial charge in [-0.15, -0.1) is 24.5 Å². The summed E-state index contributed by atoms with van der Waals surface area (Å²) in [4.78, 5) is 21.3. The Balaban J connectivity index is 1.51. The Labute approximate surface area is 230 Å². The zero-order valence-electron chi connectivity index (χ0n) is 20.3. The van der Waals surface area contributed by atoms with Crippen molar-refractivity contribution in [2.75, 3.05) is 11.5 Å². The summed E-state index contributed by atoms with van der Waals surface area (Å²) in [5, 5.41) is 27.2. The zero-order chi connectivity index (χ0) is 29.1. The van der Waals surface area contributed by atoms with Crippen LogP contribution in [0.4, 0.5) is 24.7 Å². The van der Waals surface area contributed by atoms with Gasteiger partial charge in [0.2, 0.25) is 5.69 Å². The summed E-state index contributed by atoms with van der Waals surface area (Å²) >= 11 is 0.852. The maximum absolute atomic E-state index is 13.7. The molecule has 41 heavy (non-hydrogen) atoms. The summed E-state index contributed by atoms with van der Waals surface area (Å²) in [6.07, 6.45) is -3.17. The highest BCUT2D eigenvalue weighted by Gasteiger charge is 2.34. The Kier molecular flexibility index (Phi) is 5.78. The first kappa shape index (κ1) is 25.6. The molecule has 0 bridgehead atoms. The van der Waals surface area contributed by atoms with Crippen LogP contribution in [0.2, 0.25) is 0 Å². The van der Waals surface area contributed by atoms with Crippen LogP contribution in [0, 0.1) is 11.3 Å². The van der Waals surface area contributed by atoms with Gasteiger partial charge in [0.25, 0.3) is 5.78 Å². The quantitative estimate of drug-likeness (QED) is 0.202. The van der Waals surface area contributed by atoms with E-state index in [1.165, 1.54) is 0 Å². The van der Waals surface area contributed by atoms with E-state index in [0.717, 1.165) is 51.2 Å². The van der Waals surface area contributed by atoms with Crippen LogP contribution in [0.25, 0.3) is 37.9 Å². The van der Waals surface area contributed by atoms with E-state index in [1.54, 1.807) is 18.3 Å². The molecule has 6 aromatic rings. The van der Waals surface area contributed by atoms with Crippen molar-refractivity contribution >= 4 is 49.7 Å². The average molecular weight is 578 g/mol. The lowest BCUT2D eigenvalue weighted by atomic mass is 9.94. The molecule has 0 unspecified atom stereocenters. The molecule has 0 atom stereocenters. The molecule has 0 aliphatic heterocycles. The number of nitrogens with one attached hydrogen (secondary N) is 1. The number of aromatic amines is 1. The summed E-state index contributed by atoms with van der Waals surface area (Å²) in [6, 6.07) is 13.6. The van der Waals surface area contributed by atoms with Gasteiger partial charge >= 0.3 is 12.1 Å². The number of alkyl halides is 3. The highest BCUT2D eigenvalue weighted by atomic mass is 32.1. The summed E-state index contributed by atoms with van der Waals surface area (Å²) in [5.74, 6) is -2.58. The maximum atomic E-state index is 13.7. The minimum Gasteiger partial charge on any atom is -0.539 e. The number of pyridine rings is 1. The predicted molar refractivity (Wildman–Crippen MR) is 138 cm³/mol. The molecule has 4 aromatic heterocycles. The Hall–Kier alpha value is -5.62. The van der Waals surface area contributed by atoms with Crippen molar-refractivity contribution in [2.45, 2.75) is 6.36 Å². The van der Waals surface area contributed by atoms with Gasteiger partial charge in [0.05, 0.1) is 11.0 Å². The number of nitrogen functional groups attached to an aromatic ring is 2. The molecule has 11 nitrogen and oxygen atoms in total. The van der Waals surface area contributed by atoms with E-state index in [0.29, 0.717) is 16.5 Å². The number of nitrogens with zero attached hydrogens (tertiary/aromatic N) is 4. The SMILES string of the molecule is N#Cc1c(N)nc2sc(C(=O)c3c([O-])on[n+]3-c3ccc(OC(F)(F)F)cc3)c(N)c2c1-c1cccc2[nH]ccc12. The third-order valence-corrected chi connectivity index (χ3v) is 7.33. The number of hydrogen-bond acceptors (Lipinski definition) is 10. The van der Waals surface area contributed by atoms with Gasteiger partial charge in [-0.25, -0.2) is 4.98 Å². The first-order valence-electron chi connectivity index (χ1n) is 11.5. The number of nitriles is 1. The number of thiophene rings is 1. The van der Waals surface area contributed by atoms with Crippen LogP contribution < -0.4 is 26.0 Å². The molecule has 0 radical (unpaired) electrons. The van der Waals surface area contributed by atoms with Crippen LogP contribution >= 0.6 is 11.3 Å². The number of rotatable bonds is 5. The topological polar surface area (TPSA) is 184 Å². The average Bonchev–Trinajstić information content (AvgIpc) is 3.64. The third kappa shape index (κ3) is 4.22. The highest BCUT2D eigenvalue weighted by Crippen LogP contribution is 2.45. The summed E-state index contributed by atoms with van der Waals surface area (Å²) in [6.45, 7) is 0. The molecule has 204 valence electrons. The van der Waals surface area contributed by atoms with Crippen LogP contribution in [-0.2, 0) is 0 Å². The van der Waals surface area contributed by atoms with Gasteiger partial charge in [0.15, 0.2) is 5.95 Å². The number of halogens is 3. The van der Waals surface area contributed by atoms with E-state index in [4.69, 9.17) is 16.0 Å². The third-order valence-electron chi connectivity index (χ3n) is 6.23. The van der Waals surface area contributed by atoms with Gasteiger partial charge < -0.3 is 30.8 Å². The van der Waals surface area contributed by atoms with E-state index < -0.39 is 29.5 Å². The molecule has 0 saturated carbocycles. The molecular weight excluding hydrogens is 563 g/mol. The summed E-state index contributed by atoms with van der Waals surface area (Å²) < 4.78 is 47.0. The Morgan fingerprint density at radius 2 is 1.93 bits per heavy atom. The Morgan fingerprint density at radius 1 is 1.17 bits per heavy atom. The second kappa shape index (κ2) is 9.24. The van der Waals surface area contributed by atoms with E-state index in [2.05, 4.69) is 26.0 Å². The van der Waals surface area contributed by atoms with Crippen molar-refractivity contribution in [1.29, 1.82) is 5.26 Å². The lowest BCUT2D eigenvalue weighted by Crippen LogP contribution is -2.39. The predicted octanol–water partition coefficient (Wildman–Crippen LogP) is 3.95. The molecule has 0 fully saturated rings. The zero-order valence-corrected chi connectivity index (χ0v) is 21.1. The number of ether oxygens (including phenoxy) is 1. The molecule has 4 heterocycles. The van der Waals surface area contributed by atoms with Crippen molar-refractivity contribution in [3.05, 3.63) is 70.9 Å². The van der Waals surface area contributed by atoms with Crippen molar-refractivity contribution in [3.8, 4) is 34.6 Å². The van der Waals surface area contributed by atoms with E-state index in [1.807, 2.05) is 12.1 Å². The molecule has 0 saturated heterocycles. The van der Waals surface area contributed by atoms with E-state index in [-0.39, 0.29) is 32.5 Å². The number of benzene rings is 2. The van der Waals surface area contributed by atoms with Crippen molar-refractivity contribution in [3.63, 3.8) is 0 Å². The van der Waals surface area contributed by atoms with Gasteiger partial charge in [0, 0.05) is 40.2 Å². The Morgan fingerprint density at radius 3 is 2.63 bits per heavy atom. The lowest BCUT2D eigenvalue weighted by molar-refractivity contribution is -0.672. The van der Waals surface area contributed by atoms with Crippen LogP contribution in [0.3, 0.4) is 0 Å². The van der Waals surface area contributed by atoms with Gasteiger partial charge in [0.1, 0.15) is 32.9 Å². The normalized spacial score (nSPS) is 11.7. The second-order valence-electron chi connectivity index (χ2n) is 8.62. The van der Waals surface area contributed by atoms with Gasteiger partial charge in [-0.2, -0.15) is 5.26 Å². The number of nitrogens with two attached hydrogens (primary N) is 2. The van der Waals surface area contributed by atoms with Crippen LogP contribution in [0.15, 0.2) is 59.3 Å². The molecule has 0 amide bonds. The summed E-state index contributed by atoms with van der Waals surface area (Å²) in [5.41, 5.74) is 13.9. The van der Waals surface area contributed by atoms with Crippen molar-refractivity contribution < 1.29 is 37.0 Å². The van der Waals surface area contributed by atoms with E-state index >= 15 is 0 Å². The van der Waals surface area contributed by atoms with Crippen molar-refractivity contribution in [2.24, 2.45) is 0 Å². The minimum absolute atomic E-state index is 0.0439. The largest absolute Gasteiger partial charge is 0.573 e. The van der Waals surface area contributed by atoms with Crippen LogP contribution in [0.1, 0.15) is 20.9 Å². The molecule has 5 N–H and O–H groups in total. The minimum atomic E-state index is -4.90. The molecule has 0 aliphatic rings. The monoisotopic (exact) mass is 577 g/mol. The van der Waals surface area contributed by atoms with Gasteiger partial charge in [-0.05, 0) is 34.5 Å². The van der Waals surface area contributed by atoms with Crippen LogP contribution in [-0.4, -0.2) is 27.4 Å². The number of carbonyl (C=O) groups excluding carboxylic acids is 1. The fraction of sp³-hybridized carbons (Fsp3) is 0.0385. The molecule has 0 aliphatic carbocycles. The Bertz CT molecular complexity index is 2040. The number of ketones is 1. The molecule has 6 rings (SSSR count). The second-order valence-corrected chi connectivity index (χ2v) is 9.62. The first-order valence-corrected chi connectivity index (χ1v) is 12.4. The number of aromatic nitrogens is 4. The number of fused-ring (bicyclic) bond motifs is 2. The fourth-order valence-corrected chi connectivity index (χ4v) is 5.59. The standard InChI is InChI=1S/C26H14F3N7O4S/c27-26(28,29)39-12-6-4-11(5-7-12)36-20(25(38)40-35-36)21(37)22-19(31)18-17(15(10-30)23(32)34-24(18)41-22)14-2-1-3-16-13(14)8-9-33-16/h1-9H,(H5-,31,32,33,34,35,37,38). The van der Waals surface area contributed by atoms with Gasteiger partial charge in [-0.1, -0.05) is 12.1 Å². The molecule has 0 spiro atoms. The molecular formula is C26H14F3N7O4S. The van der Waals surface area contributed by atoms with Gasteiger partial charge in [-0.3, -0.25) is 4.79 Å². The summed E-state index contributed by atoms with van der Waals surface area (Å²) in [7, 11) is 0. The number of carbonyl (C=O) groups is 1. The molecule has 15 heteroatoms. The van der Waals surface area contributed by atoms with Crippen molar-refractivity contribution in [1.82, 2.24) is 15.2 Å². The number of hydrogen-bond donors (Lipinski definition) is 3. The van der Waals surface area contributed by atoms with E-state index in [9.17, 15) is 28.3 Å². The number of anilines is 2. The van der Waals surface area contributed by atoms with Crippen LogP contribution in [0.5, 0.6) is 11.7 Å². The smallest absolute Gasteiger partial charge is 0.539 e. The highest BCUT2D eigenvalue weighted by molar-refractivity contribution is 7.21.